The molecule has 0 aliphatic rings. The summed E-state index contributed by atoms with van der Waals surface area (Å²) in [6, 6.07) is 8.38. The van der Waals surface area contributed by atoms with E-state index in [0.29, 0.717) is 6.54 Å². The number of aromatic nitrogens is 1. The number of fused-ring (bicyclic) bond motifs is 1. The van der Waals surface area contributed by atoms with E-state index in [9.17, 15) is 4.79 Å². The first kappa shape index (κ1) is 14.3. The van der Waals surface area contributed by atoms with Crippen LogP contribution in [0, 0.1) is 0 Å². The van der Waals surface area contributed by atoms with Crippen LogP contribution in [0.3, 0.4) is 0 Å². The molecule has 0 atom stereocenters. The molecule has 0 radical (unpaired) electrons. The van der Waals surface area contributed by atoms with Crippen LogP contribution in [0.1, 0.15) is 31.7 Å². The number of carboxylic acid groups (broad SMARTS) is 1. The van der Waals surface area contributed by atoms with Crippen molar-refractivity contribution in [2.75, 3.05) is 11.9 Å². The molecule has 0 bridgehead atoms. The van der Waals surface area contributed by atoms with E-state index in [4.69, 9.17) is 5.11 Å². The lowest BCUT2D eigenvalue weighted by Crippen LogP contribution is -2.08. The van der Waals surface area contributed by atoms with Gasteiger partial charge in [0.25, 0.3) is 0 Å². The van der Waals surface area contributed by atoms with E-state index in [2.05, 4.69) is 35.4 Å². The SMILES string of the molecule is CCCCc1ccc2ccnc(NCCC(=O)O)c2c1. The average molecular weight is 272 g/mol. The highest BCUT2D eigenvalue weighted by atomic mass is 16.4. The van der Waals surface area contributed by atoms with Crippen molar-refractivity contribution in [1.82, 2.24) is 4.98 Å². The fourth-order valence-corrected chi connectivity index (χ4v) is 2.18. The highest BCUT2D eigenvalue weighted by molar-refractivity contribution is 5.92. The molecule has 4 heteroatoms. The monoisotopic (exact) mass is 272 g/mol. The molecule has 106 valence electrons. The molecule has 4 nitrogen and oxygen atoms in total. The summed E-state index contributed by atoms with van der Waals surface area (Å²) in [7, 11) is 0. The molecule has 1 heterocycles. The van der Waals surface area contributed by atoms with Crippen LogP contribution in [0.4, 0.5) is 5.82 Å². The van der Waals surface area contributed by atoms with Gasteiger partial charge in [0.15, 0.2) is 0 Å². The van der Waals surface area contributed by atoms with E-state index >= 15 is 0 Å². The summed E-state index contributed by atoms with van der Waals surface area (Å²) in [5, 5.41) is 14.0. The number of benzene rings is 1. The highest BCUT2D eigenvalue weighted by Gasteiger charge is 2.04. The molecule has 20 heavy (non-hydrogen) atoms. The quantitative estimate of drug-likeness (QED) is 0.810. The van der Waals surface area contributed by atoms with Crippen molar-refractivity contribution in [3.63, 3.8) is 0 Å². The summed E-state index contributed by atoms with van der Waals surface area (Å²) in [5.41, 5.74) is 1.30. The van der Waals surface area contributed by atoms with E-state index in [1.807, 2.05) is 6.07 Å². The van der Waals surface area contributed by atoms with Crippen molar-refractivity contribution in [2.45, 2.75) is 32.6 Å². The van der Waals surface area contributed by atoms with E-state index in [0.717, 1.165) is 23.0 Å². The maximum absolute atomic E-state index is 10.6. The maximum atomic E-state index is 10.6. The smallest absolute Gasteiger partial charge is 0.305 e. The zero-order chi connectivity index (χ0) is 14.4. The second-order valence-corrected chi connectivity index (χ2v) is 4.89. The number of nitrogens with one attached hydrogen (secondary N) is 1. The first-order chi connectivity index (χ1) is 9.70. The predicted octanol–water partition coefficient (Wildman–Crippen LogP) is 3.46. The van der Waals surface area contributed by atoms with Crippen molar-refractivity contribution < 1.29 is 9.90 Å². The van der Waals surface area contributed by atoms with Gasteiger partial charge in [0.2, 0.25) is 0 Å². The Morgan fingerprint density at radius 2 is 2.20 bits per heavy atom. The van der Waals surface area contributed by atoms with E-state index in [-0.39, 0.29) is 6.42 Å². The summed E-state index contributed by atoms with van der Waals surface area (Å²) in [5.74, 6) is -0.0385. The van der Waals surface area contributed by atoms with Crippen LogP contribution >= 0.6 is 0 Å². The van der Waals surface area contributed by atoms with Gasteiger partial charge in [-0.05, 0) is 35.9 Å². The summed E-state index contributed by atoms with van der Waals surface area (Å²) < 4.78 is 0. The largest absolute Gasteiger partial charge is 0.481 e. The van der Waals surface area contributed by atoms with Crippen molar-refractivity contribution in [1.29, 1.82) is 0 Å². The van der Waals surface area contributed by atoms with Crippen LogP contribution in [0.15, 0.2) is 30.5 Å². The van der Waals surface area contributed by atoms with E-state index < -0.39 is 5.97 Å². The van der Waals surface area contributed by atoms with Crippen molar-refractivity contribution in [3.05, 3.63) is 36.0 Å². The third-order valence-electron chi connectivity index (χ3n) is 3.28. The Morgan fingerprint density at radius 1 is 1.35 bits per heavy atom. The minimum atomic E-state index is -0.804. The molecule has 0 unspecified atom stereocenters. The molecule has 1 aromatic carbocycles. The third-order valence-corrected chi connectivity index (χ3v) is 3.28. The molecular weight excluding hydrogens is 252 g/mol. The predicted molar refractivity (Wildman–Crippen MR) is 81.1 cm³/mol. The maximum Gasteiger partial charge on any atom is 0.305 e. The topological polar surface area (TPSA) is 62.2 Å². The lowest BCUT2D eigenvalue weighted by Gasteiger charge is -2.09. The van der Waals surface area contributed by atoms with Crippen molar-refractivity contribution >= 4 is 22.6 Å². The molecule has 2 N–H and O–H groups in total. The van der Waals surface area contributed by atoms with Gasteiger partial charge in [-0.2, -0.15) is 0 Å². The molecule has 0 amide bonds. The molecule has 0 saturated carbocycles. The summed E-state index contributed by atoms with van der Waals surface area (Å²) in [4.78, 5) is 14.9. The summed E-state index contributed by atoms with van der Waals surface area (Å²) >= 11 is 0. The molecule has 0 spiro atoms. The number of hydrogen-bond donors (Lipinski definition) is 2. The number of pyridine rings is 1. The lowest BCUT2D eigenvalue weighted by molar-refractivity contribution is -0.136. The number of carboxylic acids is 1. The van der Waals surface area contributed by atoms with Crippen LogP contribution in [-0.4, -0.2) is 22.6 Å². The van der Waals surface area contributed by atoms with E-state index in [1.54, 1.807) is 6.20 Å². The minimum Gasteiger partial charge on any atom is -0.481 e. The van der Waals surface area contributed by atoms with Crippen LogP contribution in [0.5, 0.6) is 0 Å². The fraction of sp³-hybridized carbons (Fsp3) is 0.375. The average Bonchev–Trinajstić information content (AvgIpc) is 2.45. The first-order valence-electron chi connectivity index (χ1n) is 7.04. The zero-order valence-electron chi connectivity index (χ0n) is 11.7. The standard InChI is InChI=1S/C16H20N2O2/c1-2-3-4-12-5-6-13-7-9-17-16(14(13)11-12)18-10-8-15(19)20/h5-7,9,11H,2-4,8,10H2,1H3,(H,17,18)(H,19,20). The van der Waals surface area contributed by atoms with Gasteiger partial charge in [-0.3, -0.25) is 4.79 Å². The number of carbonyl (C=O) groups is 1. The molecule has 0 fully saturated rings. The van der Waals surface area contributed by atoms with Crippen LogP contribution < -0.4 is 5.32 Å². The Balaban J connectivity index is 2.21. The molecule has 0 aliphatic heterocycles. The Kier molecular flexibility index (Phi) is 4.93. The van der Waals surface area contributed by atoms with Gasteiger partial charge in [-0.1, -0.05) is 25.5 Å². The number of unbranched alkanes of at least 4 members (excludes halogenated alkanes) is 1. The normalized spacial score (nSPS) is 10.7. The van der Waals surface area contributed by atoms with Gasteiger partial charge < -0.3 is 10.4 Å². The molecule has 0 saturated heterocycles. The van der Waals surface area contributed by atoms with Crippen LogP contribution in [0.2, 0.25) is 0 Å². The Hall–Kier alpha value is -2.10. The van der Waals surface area contributed by atoms with Crippen LogP contribution in [-0.2, 0) is 11.2 Å². The van der Waals surface area contributed by atoms with Gasteiger partial charge in [-0.25, -0.2) is 4.98 Å². The number of rotatable bonds is 7. The fourth-order valence-electron chi connectivity index (χ4n) is 2.18. The number of nitrogens with zero attached hydrogens (tertiary/aromatic N) is 1. The zero-order valence-corrected chi connectivity index (χ0v) is 11.7. The second kappa shape index (κ2) is 6.89. The highest BCUT2D eigenvalue weighted by Crippen LogP contribution is 2.23. The first-order valence-corrected chi connectivity index (χ1v) is 7.04. The third kappa shape index (κ3) is 3.70. The number of aryl methyl sites for hydroxylation is 1. The van der Waals surface area contributed by atoms with Crippen molar-refractivity contribution in [2.24, 2.45) is 0 Å². The van der Waals surface area contributed by atoms with Gasteiger partial charge in [-0.15, -0.1) is 0 Å². The van der Waals surface area contributed by atoms with Crippen molar-refractivity contribution in [3.8, 4) is 0 Å². The van der Waals surface area contributed by atoms with Gasteiger partial charge in [0.05, 0.1) is 6.42 Å². The lowest BCUT2D eigenvalue weighted by atomic mass is 10.0. The minimum absolute atomic E-state index is 0.0909. The van der Waals surface area contributed by atoms with Gasteiger partial charge in [0, 0.05) is 18.1 Å². The molecule has 0 aliphatic carbocycles. The number of hydrogen-bond acceptors (Lipinski definition) is 3. The van der Waals surface area contributed by atoms with Gasteiger partial charge in [0.1, 0.15) is 5.82 Å². The molecule has 1 aromatic heterocycles. The van der Waals surface area contributed by atoms with Gasteiger partial charge >= 0.3 is 5.97 Å². The summed E-state index contributed by atoms with van der Waals surface area (Å²) in [6.07, 6.45) is 5.25. The summed E-state index contributed by atoms with van der Waals surface area (Å²) in [6.45, 7) is 2.57. The number of anilines is 1. The van der Waals surface area contributed by atoms with Crippen LogP contribution in [0.25, 0.3) is 10.8 Å². The number of aliphatic carboxylic acids is 1. The molecule has 2 aromatic rings. The Labute approximate surface area is 118 Å². The Bertz CT molecular complexity index is 596. The second-order valence-electron chi connectivity index (χ2n) is 4.89. The van der Waals surface area contributed by atoms with E-state index in [1.165, 1.54) is 18.4 Å². The molecule has 2 rings (SSSR count). The Morgan fingerprint density at radius 3 is 2.95 bits per heavy atom. The molecular formula is C16H20N2O2.